The summed E-state index contributed by atoms with van der Waals surface area (Å²) in [5.41, 5.74) is 0. The average Bonchev–Trinajstić information content (AvgIpc) is 2.13. The molecule has 0 aromatic rings. The van der Waals surface area contributed by atoms with E-state index in [4.69, 9.17) is 4.74 Å². The van der Waals surface area contributed by atoms with Crippen LogP contribution in [0.5, 0.6) is 0 Å². The predicted molar refractivity (Wildman–Crippen MR) is 58.2 cm³/mol. The van der Waals surface area contributed by atoms with Gasteiger partial charge in [-0.2, -0.15) is 0 Å². The molecule has 0 spiro atoms. The Labute approximate surface area is 87.2 Å². The van der Waals surface area contributed by atoms with Gasteiger partial charge in [-0.15, -0.1) is 0 Å². The molecule has 1 N–H and O–H groups in total. The maximum Gasteiger partial charge on any atom is 0.323 e. The quantitative estimate of drug-likeness (QED) is 0.505. The first-order chi connectivity index (χ1) is 6.63. The van der Waals surface area contributed by atoms with Gasteiger partial charge >= 0.3 is 5.97 Å². The molecular weight excluding hydrogens is 178 g/mol. The van der Waals surface area contributed by atoms with Crippen molar-refractivity contribution in [2.75, 3.05) is 13.7 Å². The Hall–Kier alpha value is -0.570. The highest BCUT2D eigenvalue weighted by atomic mass is 16.5. The lowest BCUT2D eigenvalue weighted by molar-refractivity contribution is -0.147. The SMILES string of the molecule is CCCCCOC(=O)[C@@H](NC)C(C)C. The highest BCUT2D eigenvalue weighted by Gasteiger charge is 2.20. The summed E-state index contributed by atoms with van der Waals surface area (Å²) in [6.45, 7) is 6.70. The zero-order valence-electron chi connectivity index (χ0n) is 9.80. The van der Waals surface area contributed by atoms with Gasteiger partial charge in [0.15, 0.2) is 0 Å². The second-order valence-electron chi connectivity index (χ2n) is 3.88. The van der Waals surface area contributed by atoms with Crippen molar-refractivity contribution in [3.8, 4) is 0 Å². The minimum Gasteiger partial charge on any atom is -0.465 e. The zero-order valence-corrected chi connectivity index (χ0v) is 9.80. The van der Waals surface area contributed by atoms with E-state index in [-0.39, 0.29) is 17.9 Å². The van der Waals surface area contributed by atoms with E-state index in [0.29, 0.717) is 6.61 Å². The van der Waals surface area contributed by atoms with Crippen molar-refractivity contribution in [3.05, 3.63) is 0 Å². The largest absolute Gasteiger partial charge is 0.465 e. The zero-order chi connectivity index (χ0) is 11.0. The molecule has 0 bridgehead atoms. The molecule has 0 aromatic heterocycles. The Morgan fingerprint density at radius 3 is 2.43 bits per heavy atom. The second-order valence-corrected chi connectivity index (χ2v) is 3.88. The number of esters is 1. The summed E-state index contributed by atoms with van der Waals surface area (Å²) < 4.78 is 5.16. The van der Waals surface area contributed by atoms with Gasteiger partial charge in [0.1, 0.15) is 6.04 Å². The van der Waals surface area contributed by atoms with Gasteiger partial charge in [-0.25, -0.2) is 0 Å². The van der Waals surface area contributed by atoms with Gasteiger partial charge in [-0.05, 0) is 19.4 Å². The van der Waals surface area contributed by atoms with Crippen molar-refractivity contribution in [2.24, 2.45) is 5.92 Å². The maximum absolute atomic E-state index is 11.5. The van der Waals surface area contributed by atoms with Crippen molar-refractivity contribution in [1.29, 1.82) is 0 Å². The molecule has 0 aliphatic rings. The van der Waals surface area contributed by atoms with E-state index in [0.717, 1.165) is 19.3 Å². The summed E-state index contributed by atoms with van der Waals surface area (Å²) in [5.74, 6) is 0.150. The number of carbonyl (C=O) groups is 1. The van der Waals surface area contributed by atoms with Crippen LogP contribution in [0, 0.1) is 5.92 Å². The number of carbonyl (C=O) groups excluding carboxylic acids is 1. The number of unbranched alkanes of at least 4 members (excludes halogenated alkanes) is 2. The fourth-order valence-corrected chi connectivity index (χ4v) is 1.34. The third-order valence-electron chi connectivity index (χ3n) is 2.22. The van der Waals surface area contributed by atoms with Crippen LogP contribution in [0.2, 0.25) is 0 Å². The van der Waals surface area contributed by atoms with Crippen LogP contribution in [0.1, 0.15) is 40.0 Å². The van der Waals surface area contributed by atoms with Gasteiger partial charge in [0.25, 0.3) is 0 Å². The van der Waals surface area contributed by atoms with Crippen LogP contribution < -0.4 is 5.32 Å². The van der Waals surface area contributed by atoms with E-state index in [1.807, 2.05) is 13.8 Å². The topological polar surface area (TPSA) is 38.3 Å². The fourth-order valence-electron chi connectivity index (χ4n) is 1.34. The first kappa shape index (κ1) is 13.4. The van der Waals surface area contributed by atoms with Gasteiger partial charge in [0.2, 0.25) is 0 Å². The minimum atomic E-state index is -0.170. The number of hydrogen-bond donors (Lipinski definition) is 1. The lowest BCUT2D eigenvalue weighted by atomic mass is 10.1. The Kier molecular flexibility index (Phi) is 7.48. The Bertz CT molecular complexity index is 157. The molecule has 0 aliphatic heterocycles. The smallest absolute Gasteiger partial charge is 0.323 e. The first-order valence-corrected chi connectivity index (χ1v) is 5.47. The maximum atomic E-state index is 11.5. The van der Waals surface area contributed by atoms with Crippen molar-refractivity contribution in [2.45, 2.75) is 46.1 Å². The Balaban J connectivity index is 3.70. The van der Waals surface area contributed by atoms with Crippen molar-refractivity contribution >= 4 is 5.97 Å². The van der Waals surface area contributed by atoms with Crippen molar-refractivity contribution in [1.82, 2.24) is 5.32 Å². The van der Waals surface area contributed by atoms with Crippen LogP contribution in [0.25, 0.3) is 0 Å². The molecule has 0 aliphatic carbocycles. The molecule has 0 saturated heterocycles. The molecular formula is C11H23NO2. The molecule has 84 valence electrons. The van der Waals surface area contributed by atoms with Crippen LogP contribution in [0.3, 0.4) is 0 Å². The van der Waals surface area contributed by atoms with Crippen LogP contribution >= 0.6 is 0 Å². The van der Waals surface area contributed by atoms with Gasteiger partial charge in [-0.1, -0.05) is 33.6 Å². The van der Waals surface area contributed by atoms with E-state index >= 15 is 0 Å². The number of ether oxygens (including phenoxy) is 1. The minimum absolute atomic E-state index is 0.126. The molecule has 0 radical (unpaired) electrons. The van der Waals surface area contributed by atoms with Gasteiger partial charge in [-0.3, -0.25) is 4.79 Å². The summed E-state index contributed by atoms with van der Waals surface area (Å²) >= 11 is 0. The van der Waals surface area contributed by atoms with E-state index in [1.165, 1.54) is 0 Å². The summed E-state index contributed by atoms with van der Waals surface area (Å²) in [6.07, 6.45) is 3.24. The molecule has 0 aromatic carbocycles. The molecule has 3 heteroatoms. The predicted octanol–water partition coefficient (Wildman–Crippen LogP) is 1.96. The monoisotopic (exact) mass is 201 g/mol. The number of rotatable bonds is 7. The summed E-state index contributed by atoms with van der Waals surface area (Å²) in [4.78, 5) is 11.5. The van der Waals surface area contributed by atoms with Crippen LogP contribution in [0.15, 0.2) is 0 Å². The molecule has 3 nitrogen and oxygen atoms in total. The molecule has 0 amide bonds. The van der Waals surface area contributed by atoms with Crippen molar-refractivity contribution in [3.63, 3.8) is 0 Å². The van der Waals surface area contributed by atoms with Gasteiger partial charge in [0.05, 0.1) is 6.61 Å². The normalized spacial score (nSPS) is 12.9. The van der Waals surface area contributed by atoms with Gasteiger partial charge in [0, 0.05) is 0 Å². The number of nitrogens with one attached hydrogen (secondary N) is 1. The Morgan fingerprint density at radius 1 is 1.36 bits per heavy atom. The molecule has 0 rings (SSSR count). The second kappa shape index (κ2) is 7.80. The van der Waals surface area contributed by atoms with E-state index in [1.54, 1.807) is 7.05 Å². The number of likely N-dealkylation sites (N-methyl/N-ethyl adjacent to an activating group) is 1. The van der Waals surface area contributed by atoms with Crippen molar-refractivity contribution < 1.29 is 9.53 Å². The van der Waals surface area contributed by atoms with E-state index in [9.17, 15) is 4.79 Å². The van der Waals surface area contributed by atoms with Crippen LogP contribution in [-0.2, 0) is 9.53 Å². The molecule has 1 atom stereocenters. The highest BCUT2D eigenvalue weighted by molar-refractivity contribution is 5.76. The summed E-state index contributed by atoms with van der Waals surface area (Å²) in [7, 11) is 1.79. The average molecular weight is 201 g/mol. The third kappa shape index (κ3) is 5.22. The highest BCUT2D eigenvalue weighted by Crippen LogP contribution is 2.04. The number of hydrogen-bond acceptors (Lipinski definition) is 3. The van der Waals surface area contributed by atoms with Crippen LogP contribution in [-0.4, -0.2) is 25.7 Å². The fraction of sp³-hybridized carbons (Fsp3) is 0.909. The molecule has 0 saturated carbocycles. The third-order valence-corrected chi connectivity index (χ3v) is 2.22. The van der Waals surface area contributed by atoms with Crippen LogP contribution in [0.4, 0.5) is 0 Å². The van der Waals surface area contributed by atoms with E-state index < -0.39 is 0 Å². The van der Waals surface area contributed by atoms with E-state index in [2.05, 4.69) is 12.2 Å². The summed E-state index contributed by atoms with van der Waals surface area (Å²) in [5, 5.41) is 2.97. The molecule has 0 unspecified atom stereocenters. The molecule has 0 fully saturated rings. The Morgan fingerprint density at radius 2 is 2.00 bits per heavy atom. The molecule has 0 heterocycles. The molecule has 14 heavy (non-hydrogen) atoms. The lowest BCUT2D eigenvalue weighted by Crippen LogP contribution is -2.40. The standard InChI is InChI=1S/C11H23NO2/c1-5-6-7-8-14-11(13)10(12-4)9(2)3/h9-10,12H,5-8H2,1-4H3/t10-/m0/s1. The first-order valence-electron chi connectivity index (χ1n) is 5.47. The lowest BCUT2D eigenvalue weighted by Gasteiger charge is -2.18. The summed E-state index contributed by atoms with van der Waals surface area (Å²) in [6, 6.07) is -0.170. The van der Waals surface area contributed by atoms with Gasteiger partial charge < -0.3 is 10.1 Å².